The van der Waals surface area contributed by atoms with Gasteiger partial charge in [-0.3, -0.25) is 0 Å². The van der Waals surface area contributed by atoms with Gasteiger partial charge in [0.15, 0.2) is 0 Å². The number of aromatic nitrogens is 2. The van der Waals surface area contributed by atoms with E-state index in [9.17, 15) is 4.39 Å². The summed E-state index contributed by atoms with van der Waals surface area (Å²) in [6, 6.07) is 1.37. The van der Waals surface area contributed by atoms with Crippen molar-refractivity contribution in [2.75, 3.05) is 31.1 Å². The highest BCUT2D eigenvalue weighted by molar-refractivity contribution is 5.37. The molecule has 5 heteroatoms. The van der Waals surface area contributed by atoms with Gasteiger partial charge >= 0.3 is 0 Å². The van der Waals surface area contributed by atoms with Crippen molar-refractivity contribution in [2.45, 2.75) is 0 Å². The number of rotatable bonds is 1. The zero-order valence-electron chi connectivity index (χ0n) is 7.20. The molecule has 0 amide bonds. The molecule has 4 nitrogen and oxygen atoms in total. The lowest BCUT2D eigenvalue weighted by atomic mass is 10.3. The SMILES string of the molecule is Fc1cc(N2CCNCC2)ncn1. The van der Waals surface area contributed by atoms with Crippen LogP contribution in [0.4, 0.5) is 10.2 Å². The smallest absolute Gasteiger partial charge is 0.218 e. The Labute approximate surface area is 75.8 Å². The third kappa shape index (κ3) is 1.92. The van der Waals surface area contributed by atoms with Gasteiger partial charge in [-0.1, -0.05) is 0 Å². The molecule has 0 radical (unpaired) electrons. The minimum atomic E-state index is -0.469. The summed E-state index contributed by atoms with van der Waals surface area (Å²) in [6.07, 6.45) is 1.26. The van der Waals surface area contributed by atoms with Crippen LogP contribution in [0, 0.1) is 5.95 Å². The van der Waals surface area contributed by atoms with E-state index in [1.54, 1.807) is 0 Å². The predicted molar refractivity (Wildman–Crippen MR) is 47.1 cm³/mol. The Morgan fingerprint density at radius 3 is 2.77 bits per heavy atom. The molecule has 1 aliphatic heterocycles. The number of piperazine rings is 1. The Hall–Kier alpha value is -1.23. The van der Waals surface area contributed by atoms with Crippen LogP contribution in [0.5, 0.6) is 0 Å². The first kappa shape index (κ1) is 8.37. The molecule has 1 aromatic rings. The number of halogens is 1. The summed E-state index contributed by atoms with van der Waals surface area (Å²) in [5.74, 6) is 0.206. The standard InChI is InChI=1S/C8H11FN4/c9-7-5-8(12-6-11-7)13-3-1-10-2-4-13/h5-6,10H,1-4H2. The molecule has 1 aromatic heterocycles. The summed E-state index contributed by atoms with van der Waals surface area (Å²) in [5, 5.41) is 3.22. The normalized spacial score (nSPS) is 17.5. The van der Waals surface area contributed by atoms with E-state index in [1.165, 1.54) is 12.4 Å². The van der Waals surface area contributed by atoms with Crippen LogP contribution in [0.2, 0.25) is 0 Å². The van der Waals surface area contributed by atoms with Crippen LogP contribution in [0.1, 0.15) is 0 Å². The lowest BCUT2D eigenvalue weighted by Gasteiger charge is -2.27. The maximum atomic E-state index is 12.7. The Balaban J connectivity index is 2.14. The fraction of sp³-hybridized carbons (Fsp3) is 0.500. The van der Waals surface area contributed by atoms with E-state index in [4.69, 9.17) is 0 Å². The number of nitrogens with one attached hydrogen (secondary N) is 1. The Bertz CT molecular complexity index is 285. The molecule has 1 aliphatic rings. The van der Waals surface area contributed by atoms with Gasteiger partial charge in [-0.2, -0.15) is 4.39 Å². The number of hydrogen-bond donors (Lipinski definition) is 1. The van der Waals surface area contributed by atoms with Crippen molar-refractivity contribution < 1.29 is 4.39 Å². The summed E-state index contributed by atoms with van der Waals surface area (Å²) in [6.45, 7) is 3.59. The van der Waals surface area contributed by atoms with Crippen molar-refractivity contribution in [3.8, 4) is 0 Å². The molecule has 1 N–H and O–H groups in total. The van der Waals surface area contributed by atoms with Crippen LogP contribution in [0.25, 0.3) is 0 Å². The average molecular weight is 182 g/mol. The minimum absolute atomic E-state index is 0.469. The molecule has 0 aliphatic carbocycles. The summed E-state index contributed by atoms with van der Waals surface area (Å²) in [5.41, 5.74) is 0. The number of nitrogens with zero attached hydrogens (tertiary/aromatic N) is 3. The molecule has 0 saturated carbocycles. The van der Waals surface area contributed by atoms with Crippen LogP contribution < -0.4 is 10.2 Å². The van der Waals surface area contributed by atoms with Crippen LogP contribution in [0.3, 0.4) is 0 Å². The molecular formula is C8H11FN4. The van der Waals surface area contributed by atoms with E-state index in [0.29, 0.717) is 5.82 Å². The Morgan fingerprint density at radius 2 is 2.08 bits per heavy atom. The topological polar surface area (TPSA) is 41.0 Å². The van der Waals surface area contributed by atoms with Crippen LogP contribution in [-0.4, -0.2) is 36.1 Å². The maximum absolute atomic E-state index is 12.7. The van der Waals surface area contributed by atoms with E-state index in [2.05, 4.69) is 15.3 Å². The van der Waals surface area contributed by atoms with Crippen LogP contribution in [-0.2, 0) is 0 Å². The monoisotopic (exact) mass is 182 g/mol. The number of hydrogen-bond acceptors (Lipinski definition) is 4. The van der Waals surface area contributed by atoms with Crippen molar-refractivity contribution in [1.29, 1.82) is 0 Å². The molecule has 1 fully saturated rings. The lowest BCUT2D eigenvalue weighted by molar-refractivity contribution is 0.563. The van der Waals surface area contributed by atoms with Gasteiger partial charge < -0.3 is 10.2 Å². The first-order valence-electron chi connectivity index (χ1n) is 4.29. The molecule has 0 bridgehead atoms. The zero-order valence-corrected chi connectivity index (χ0v) is 7.20. The summed E-state index contributed by atoms with van der Waals surface area (Å²) in [7, 11) is 0. The predicted octanol–water partition coefficient (Wildman–Crippen LogP) is 0.0253. The van der Waals surface area contributed by atoms with E-state index >= 15 is 0 Å². The van der Waals surface area contributed by atoms with Gasteiger partial charge in [0.25, 0.3) is 0 Å². The fourth-order valence-corrected chi connectivity index (χ4v) is 1.39. The van der Waals surface area contributed by atoms with E-state index < -0.39 is 5.95 Å². The second-order valence-electron chi connectivity index (χ2n) is 2.94. The molecule has 13 heavy (non-hydrogen) atoms. The van der Waals surface area contributed by atoms with Crippen LogP contribution in [0.15, 0.2) is 12.4 Å². The zero-order chi connectivity index (χ0) is 9.10. The largest absolute Gasteiger partial charge is 0.354 e. The van der Waals surface area contributed by atoms with Crippen LogP contribution >= 0.6 is 0 Å². The van der Waals surface area contributed by atoms with Gasteiger partial charge in [0.1, 0.15) is 12.1 Å². The second kappa shape index (κ2) is 3.66. The Morgan fingerprint density at radius 1 is 1.31 bits per heavy atom. The highest BCUT2D eigenvalue weighted by Crippen LogP contribution is 2.10. The lowest BCUT2D eigenvalue weighted by Crippen LogP contribution is -2.43. The van der Waals surface area contributed by atoms with E-state index in [0.717, 1.165) is 26.2 Å². The van der Waals surface area contributed by atoms with Crippen molar-refractivity contribution in [3.05, 3.63) is 18.3 Å². The third-order valence-electron chi connectivity index (χ3n) is 2.06. The van der Waals surface area contributed by atoms with Gasteiger partial charge in [-0.15, -0.1) is 0 Å². The molecule has 0 unspecified atom stereocenters. The van der Waals surface area contributed by atoms with Gasteiger partial charge in [0, 0.05) is 32.2 Å². The van der Waals surface area contributed by atoms with Gasteiger partial charge in [-0.25, -0.2) is 9.97 Å². The van der Waals surface area contributed by atoms with E-state index in [1.807, 2.05) is 4.90 Å². The van der Waals surface area contributed by atoms with Crippen molar-refractivity contribution in [2.24, 2.45) is 0 Å². The highest BCUT2D eigenvalue weighted by Gasteiger charge is 2.11. The van der Waals surface area contributed by atoms with Crippen molar-refractivity contribution in [3.63, 3.8) is 0 Å². The molecule has 0 aromatic carbocycles. The molecule has 1 saturated heterocycles. The average Bonchev–Trinajstić information content (AvgIpc) is 2.19. The maximum Gasteiger partial charge on any atom is 0.218 e. The second-order valence-corrected chi connectivity index (χ2v) is 2.94. The summed E-state index contributed by atoms with van der Waals surface area (Å²) >= 11 is 0. The van der Waals surface area contributed by atoms with Gasteiger partial charge in [0.2, 0.25) is 5.95 Å². The molecule has 2 rings (SSSR count). The molecular weight excluding hydrogens is 171 g/mol. The first-order chi connectivity index (χ1) is 6.36. The van der Waals surface area contributed by atoms with Crippen molar-refractivity contribution >= 4 is 5.82 Å². The fourth-order valence-electron chi connectivity index (χ4n) is 1.39. The summed E-state index contributed by atoms with van der Waals surface area (Å²) < 4.78 is 12.7. The minimum Gasteiger partial charge on any atom is -0.354 e. The van der Waals surface area contributed by atoms with Gasteiger partial charge in [-0.05, 0) is 0 Å². The quantitative estimate of drug-likeness (QED) is 0.622. The highest BCUT2D eigenvalue weighted by atomic mass is 19.1. The number of anilines is 1. The molecule has 0 atom stereocenters. The molecule has 0 spiro atoms. The molecule has 2 heterocycles. The Kier molecular flexibility index (Phi) is 2.35. The van der Waals surface area contributed by atoms with E-state index in [-0.39, 0.29) is 0 Å². The molecule has 70 valence electrons. The van der Waals surface area contributed by atoms with Gasteiger partial charge in [0.05, 0.1) is 0 Å². The third-order valence-corrected chi connectivity index (χ3v) is 2.06. The summed E-state index contributed by atoms with van der Waals surface area (Å²) in [4.78, 5) is 9.47. The first-order valence-corrected chi connectivity index (χ1v) is 4.29. The van der Waals surface area contributed by atoms with Crippen molar-refractivity contribution in [1.82, 2.24) is 15.3 Å².